The molecule has 37 heavy (non-hydrogen) atoms. The van der Waals surface area contributed by atoms with Crippen molar-refractivity contribution in [1.29, 1.82) is 0 Å². The predicted molar refractivity (Wildman–Crippen MR) is 148 cm³/mol. The zero-order valence-electron chi connectivity index (χ0n) is 20.0. The molecular formula is C29H25ClN4O3. The molecule has 186 valence electrons. The first-order valence-corrected chi connectivity index (χ1v) is 11.9. The number of carbonyl (C=O) groups excluding carboxylic acids is 3. The van der Waals surface area contributed by atoms with Gasteiger partial charge in [-0.2, -0.15) is 0 Å². The van der Waals surface area contributed by atoms with Crippen molar-refractivity contribution in [3.05, 3.63) is 119 Å². The standard InChI is InChI=1S/C29H25ClN4O3/c1-19(27(35)32-23-15-13-22(30)14-16-23)34(29(37)21-7-3-2-4-8-21)24-17-11-20(12-18-24)28(36)33-26-10-6-5-9-25(26)31/h2-19H,31H2,1H3,(H,32,35)(H,33,36)/t19-/m0/s1. The van der Waals surface area contributed by atoms with Gasteiger partial charge in [-0.15, -0.1) is 0 Å². The van der Waals surface area contributed by atoms with Crippen LogP contribution < -0.4 is 21.3 Å². The number of nitrogens with two attached hydrogens (primary N) is 1. The molecule has 0 unspecified atom stereocenters. The van der Waals surface area contributed by atoms with E-state index in [1.54, 1.807) is 104 Å². The van der Waals surface area contributed by atoms with Crippen molar-refractivity contribution in [1.82, 2.24) is 0 Å². The van der Waals surface area contributed by atoms with E-state index in [1.165, 1.54) is 4.90 Å². The Labute approximate surface area is 219 Å². The highest BCUT2D eigenvalue weighted by Crippen LogP contribution is 2.24. The molecule has 0 fully saturated rings. The number of amides is 3. The van der Waals surface area contributed by atoms with Gasteiger partial charge in [-0.05, 0) is 79.7 Å². The summed E-state index contributed by atoms with van der Waals surface area (Å²) in [4.78, 5) is 40.8. The van der Waals surface area contributed by atoms with Gasteiger partial charge in [-0.3, -0.25) is 19.3 Å². The molecule has 4 aromatic carbocycles. The molecular weight excluding hydrogens is 488 g/mol. The summed E-state index contributed by atoms with van der Waals surface area (Å²) in [5.74, 6) is -1.08. The topological polar surface area (TPSA) is 105 Å². The molecule has 8 heteroatoms. The average molecular weight is 513 g/mol. The molecule has 0 bridgehead atoms. The highest BCUT2D eigenvalue weighted by molar-refractivity contribution is 6.30. The SMILES string of the molecule is C[C@@H](C(=O)Nc1ccc(Cl)cc1)N(C(=O)c1ccccc1)c1ccc(C(=O)Nc2ccccc2N)cc1. The molecule has 4 N–H and O–H groups in total. The molecule has 0 saturated carbocycles. The Bertz CT molecular complexity index is 1410. The normalized spacial score (nSPS) is 11.3. The van der Waals surface area contributed by atoms with Crippen LogP contribution in [0.4, 0.5) is 22.7 Å². The Morgan fingerprint density at radius 1 is 0.757 bits per heavy atom. The van der Waals surface area contributed by atoms with E-state index >= 15 is 0 Å². The summed E-state index contributed by atoms with van der Waals surface area (Å²) in [5.41, 5.74) is 8.69. The molecule has 0 aromatic heterocycles. The van der Waals surface area contributed by atoms with E-state index in [4.69, 9.17) is 17.3 Å². The van der Waals surface area contributed by atoms with Gasteiger partial charge in [-0.25, -0.2) is 0 Å². The van der Waals surface area contributed by atoms with Crippen molar-refractivity contribution in [2.45, 2.75) is 13.0 Å². The second-order valence-electron chi connectivity index (χ2n) is 8.30. The molecule has 0 aliphatic carbocycles. The molecule has 0 saturated heterocycles. The minimum absolute atomic E-state index is 0.348. The highest BCUT2D eigenvalue weighted by Gasteiger charge is 2.28. The lowest BCUT2D eigenvalue weighted by molar-refractivity contribution is -0.117. The van der Waals surface area contributed by atoms with E-state index in [-0.39, 0.29) is 17.7 Å². The number of rotatable bonds is 7. The second kappa shape index (κ2) is 11.4. The largest absolute Gasteiger partial charge is 0.397 e. The summed E-state index contributed by atoms with van der Waals surface area (Å²) in [7, 11) is 0. The lowest BCUT2D eigenvalue weighted by Gasteiger charge is -2.29. The first-order valence-electron chi connectivity index (χ1n) is 11.5. The van der Waals surface area contributed by atoms with Crippen molar-refractivity contribution < 1.29 is 14.4 Å². The molecule has 0 heterocycles. The van der Waals surface area contributed by atoms with Crippen molar-refractivity contribution in [3.63, 3.8) is 0 Å². The van der Waals surface area contributed by atoms with Crippen molar-refractivity contribution in [3.8, 4) is 0 Å². The molecule has 4 aromatic rings. The van der Waals surface area contributed by atoms with E-state index < -0.39 is 6.04 Å². The molecule has 1 atom stereocenters. The van der Waals surface area contributed by atoms with Gasteiger partial charge in [0.05, 0.1) is 11.4 Å². The third-order valence-corrected chi connectivity index (χ3v) is 5.99. The van der Waals surface area contributed by atoms with E-state index in [0.29, 0.717) is 38.9 Å². The summed E-state index contributed by atoms with van der Waals surface area (Å²) >= 11 is 5.94. The zero-order chi connectivity index (χ0) is 26.4. The van der Waals surface area contributed by atoms with Crippen LogP contribution >= 0.6 is 11.6 Å². The summed E-state index contributed by atoms with van der Waals surface area (Å²) in [5, 5.41) is 6.15. The van der Waals surface area contributed by atoms with E-state index in [0.717, 1.165) is 0 Å². The number of carbonyl (C=O) groups is 3. The fourth-order valence-corrected chi connectivity index (χ4v) is 3.84. The van der Waals surface area contributed by atoms with Crippen LogP contribution in [0.2, 0.25) is 5.02 Å². The van der Waals surface area contributed by atoms with Gasteiger partial charge in [0, 0.05) is 27.5 Å². The summed E-state index contributed by atoms with van der Waals surface area (Å²) in [6, 6.07) is 28.0. The van der Waals surface area contributed by atoms with Crippen LogP contribution in [0, 0.1) is 0 Å². The van der Waals surface area contributed by atoms with Gasteiger partial charge in [-0.1, -0.05) is 41.9 Å². The Morgan fingerprint density at radius 2 is 1.38 bits per heavy atom. The molecule has 0 aliphatic rings. The Hall–Kier alpha value is -4.62. The first-order chi connectivity index (χ1) is 17.8. The lowest BCUT2D eigenvalue weighted by Crippen LogP contribution is -2.46. The van der Waals surface area contributed by atoms with Gasteiger partial charge in [0.25, 0.3) is 11.8 Å². The van der Waals surface area contributed by atoms with Gasteiger partial charge < -0.3 is 16.4 Å². The number of hydrogen-bond donors (Lipinski definition) is 3. The van der Waals surface area contributed by atoms with Crippen LogP contribution in [0.25, 0.3) is 0 Å². The minimum Gasteiger partial charge on any atom is -0.397 e. The van der Waals surface area contributed by atoms with E-state index in [1.807, 2.05) is 6.07 Å². The van der Waals surface area contributed by atoms with Crippen LogP contribution in [-0.4, -0.2) is 23.8 Å². The maximum Gasteiger partial charge on any atom is 0.259 e. The van der Waals surface area contributed by atoms with Crippen molar-refractivity contribution >= 4 is 52.1 Å². The lowest BCUT2D eigenvalue weighted by atomic mass is 10.1. The number of nitrogen functional groups attached to an aromatic ring is 1. The fourth-order valence-electron chi connectivity index (χ4n) is 3.71. The molecule has 0 spiro atoms. The molecule has 3 amide bonds. The number of anilines is 4. The summed E-state index contributed by atoms with van der Waals surface area (Å²) in [6.07, 6.45) is 0. The maximum atomic E-state index is 13.5. The highest BCUT2D eigenvalue weighted by atomic mass is 35.5. The predicted octanol–water partition coefficient (Wildman–Crippen LogP) is 5.85. The molecule has 4 rings (SSSR count). The summed E-state index contributed by atoms with van der Waals surface area (Å²) in [6.45, 7) is 1.64. The van der Waals surface area contributed by atoms with Crippen LogP contribution in [0.5, 0.6) is 0 Å². The average Bonchev–Trinajstić information content (AvgIpc) is 2.92. The van der Waals surface area contributed by atoms with Gasteiger partial charge in [0.1, 0.15) is 6.04 Å². The van der Waals surface area contributed by atoms with Gasteiger partial charge in [0.15, 0.2) is 0 Å². The van der Waals surface area contributed by atoms with Crippen LogP contribution in [0.1, 0.15) is 27.6 Å². The molecule has 0 radical (unpaired) electrons. The van der Waals surface area contributed by atoms with Crippen molar-refractivity contribution in [2.75, 3.05) is 21.3 Å². The van der Waals surface area contributed by atoms with Crippen molar-refractivity contribution in [2.24, 2.45) is 0 Å². The Balaban J connectivity index is 1.60. The zero-order valence-corrected chi connectivity index (χ0v) is 20.8. The van der Waals surface area contributed by atoms with E-state index in [9.17, 15) is 14.4 Å². The molecule has 0 aliphatic heterocycles. The third-order valence-electron chi connectivity index (χ3n) is 5.73. The maximum absolute atomic E-state index is 13.5. The van der Waals surface area contributed by atoms with Crippen LogP contribution in [0.15, 0.2) is 103 Å². The van der Waals surface area contributed by atoms with Crippen LogP contribution in [0.3, 0.4) is 0 Å². The van der Waals surface area contributed by atoms with Crippen LogP contribution in [-0.2, 0) is 4.79 Å². The third kappa shape index (κ3) is 6.15. The first kappa shape index (κ1) is 25.5. The van der Waals surface area contributed by atoms with Gasteiger partial charge in [0.2, 0.25) is 5.91 Å². The minimum atomic E-state index is -0.868. The quantitative estimate of drug-likeness (QED) is 0.270. The summed E-state index contributed by atoms with van der Waals surface area (Å²) < 4.78 is 0. The fraction of sp³-hybridized carbons (Fsp3) is 0.0690. The van der Waals surface area contributed by atoms with E-state index in [2.05, 4.69) is 10.6 Å². The Morgan fingerprint density at radius 3 is 2.03 bits per heavy atom. The number of nitrogens with one attached hydrogen (secondary N) is 2. The number of hydrogen-bond acceptors (Lipinski definition) is 4. The number of benzene rings is 4. The monoisotopic (exact) mass is 512 g/mol. The number of halogens is 1. The smallest absolute Gasteiger partial charge is 0.259 e. The van der Waals surface area contributed by atoms with Gasteiger partial charge >= 0.3 is 0 Å². The molecule has 7 nitrogen and oxygen atoms in total. The number of para-hydroxylation sites is 2. The second-order valence-corrected chi connectivity index (χ2v) is 8.74. The Kier molecular flexibility index (Phi) is 7.86. The number of nitrogens with zero attached hydrogens (tertiary/aromatic N) is 1.